The summed E-state index contributed by atoms with van der Waals surface area (Å²) in [6.07, 6.45) is 6.50. The molecule has 2 N–H and O–H groups in total. The van der Waals surface area contributed by atoms with Crippen LogP contribution in [0, 0.1) is 5.41 Å². The van der Waals surface area contributed by atoms with Crippen LogP contribution in [0.3, 0.4) is 0 Å². The summed E-state index contributed by atoms with van der Waals surface area (Å²) in [5.74, 6) is 0. The molecule has 0 aromatic heterocycles. The number of hydrogen-bond acceptors (Lipinski definition) is 2. The van der Waals surface area contributed by atoms with Crippen LogP contribution in [0.4, 0.5) is 5.69 Å². The second-order valence-electron chi connectivity index (χ2n) is 6.70. The largest absolute Gasteiger partial charge is 0.399 e. The number of nitrogen functional groups attached to an aromatic ring is 1. The van der Waals surface area contributed by atoms with Gasteiger partial charge in [-0.3, -0.25) is 0 Å². The molecule has 1 aliphatic rings. The monoisotopic (exact) mass is 260 g/mol. The standard InChI is InChI=1S/C17H28N2/c1-17(2)10-4-13-19(14-11-17)12-3-5-15-6-8-16(18)9-7-15/h6-9H,3-5,10-14,18H2,1-2H3. The van der Waals surface area contributed by atoms with E-state index in [1.54, 1.807) is 0 Å². The first kappa shape index (κ1) is 14.4. The van der Waals surface area contributed by atoms with Crippen LogP contribution in [0.5, 0.6) is 0 Å². The Bertz CT molecular complexity index is 381. The first-order valence-electron chi connectivity index (χ1n) is 7.62. The van der Waals surface area contributed by atoms with Gasteiger partial charge in [0.25, 0.3) is 0 Å². The molecule has 1 aromatic rings. The molecular formula is C17H28N2. The Labute approximate surface area is 118 Å². The van der Waals surface area contributed by atoms with Crippen LogP contribution in [0.25, 0.3) is 0 Å². The highest BCUT2D eigenvalue weighted by atomic mass is 15.1. The molecule has 1 aliphatic heterocycles. The van der Waals surface area contributed by atoms with Crippen molar-refractivity contribution in [2.75, 3.05) is 25.4 Å². The van der Waals surface area contributed by atoms with Gasteiger partial charge < -0.3 is 10.6 Å². The smallest absolute Gasteiger partial charge is 0.0314 e. The normalized spacial score (nSPS) is 20.1. The molecule has 0 saturated carbocycles. The maximum absolute atomic E-state index is 5.71. The van der Waals surface area contributed by atoms with E-state index in [1.807, 2.05) is 12.1 Å². The molecular weight excluding hydrogens is 232 g/mol. The maximum atomic E-state index is 5.71. The van der Waals surface area contributed by atoms with Crippen LogP contribution >= 0.6 is 0 Å². The quantitative estimate of drug-likeness (QED) is 0.836. The maximum Gasteiger partial charge on any atom is 0.0314 e. The zero-order valence-corrected chi connectivity index (χ0v) is 12.5. The Balaban J connectivity index is 1.72. The molecule has 0 atom stereocenters. The van der Waals surface area contributed by atoms with E-state index in [9.17, 15) is 0 Å². The number of hydrogen-bond donors (Lipinski definition) is 1. The third-order valence-electron chi connectivity index (χ3n) is 4.35. The summed E-state index contributed by atoms with van der Waals surface area (Å²) >= 11 is 0. The van der Waals surface area contributed by atoms with Gasteiger partial charge in [0.15, 0.2) is 0 Å². The SMILES string of the molecule is CC1(C)CCCN(CCCc2ccc(N)cc2)CC1. The number of rotatable bonds is 4. The molecule has 0 radical (unpaired) electrons. The highest BCUT2D eigenvalue weighted by Gasteiger charge is 2.22. The molecule has 1 fully saturated rings. The molecule has 1 aromatic carbocycles. The summed E-state index contributed by atoms with van der Waals surface area (Å²) in [4.78, 5) is 2.64. The van der Waals surface area contributed by atoms with Gasteiger partial charge in [-0.25, -0.2) is 0 Å². The van der Waals surface area contributed by atoms with Gasteiger partial charge in [0.05, 0.1) is 0 Å². The minimum Gasteiger partial charge on any atom is -0.399 e. The third kappa shape index (κ3) is 4.87. The minimum absolute atomic E-state index is 0.547. The fraction of sp³-hybridized carbons (Fsp3) is 0.647. The lowest BCUT2D eigenvalue weighted by molar-refractivity contribution is 0.260. The number of likely N-dealkylation sites (tertiary alicyclic amines) is 1. The second-order valence-corrected chi connectivity index (χ2v) is 6.70. The molecule has 1 heterocycles. The van der Waals surface area contributed by atoms with Crippen LogP contribution in [0.1, 0.15) is 45.1 Å². The van der Waals surface area contributed by atoms with Crippen LogP contribution < -0.4 is 5.73 Å². The predicted octanol–water partition coefficient (Wildman–Crippen LogP) is 3.71. The van der Waals surface area contributed by atoms with Crippen LogP contribution in [0.2, 0.25) is 0 Å². The lowest BCUT2D eigenvalue weighted by atomic mass is 9.85. The molecule has 1 saturated heterocycles. The van der Waals surface area contributed by atoms with E-state index in [0.717, 1.165) is 5.69 Å². The topological polar surface area (TPSA) is 29.3 Å². The Morgan fingerprint density at radius 1 is 1.11 bits per heavy atom. The van der Waals surface area contributed by atoms with Crippen molar-refractivity contribution in [2.45, 2.75) is 46.0 Å². The van der Waals surface area contributed by atoms with Crippen molar-refractivity contribution in [3.63, 3.8) is 0 Å². The zero-order valence-electron chi connectivity index (χ0n) is 12.5. The Kier molecular flexibility index (Phi) is 4.87. The summed E-state index contributed by atoms with van der Waals surface area (Å²) in [6.45, 7) is 8.61. The molecule has 106 valence electrons. The first-order valence-corrected chi connectivity index (χ1v) is 7.62. The fourth-order valence-electron chi connectivity index (χ4n) is 2.89. The highest BCUT2D eigenvalue weighted by Crippen LogP contribution is 2.29. The van der Waals surface area contributed by atoms with E-state index in [1.165, 1.54) is 57.3 Å². The summed E-state index contributed by atoms with van der Waals surface area (Å²) in [7, 11) is 0. The van der Waals surface area contributed by atoms with Crippen molar-refractivity contribution in [1.29, 1.82) is 0 Å². The molecule has 2 rings (SSSR count). The molecule has 0 spiro atoms. The molecule has 2 heteroatoms. The third-order valence-corrected chi connectivity index (χ3v) is 4.35. The molecule has 0 amide bonds. The minimum atomic E-state index is 0.547. The van der Waals surface area contributed by atoms with Crippen LogP contribution in [0.15, 0.2) is 24.3 Å². The average molecular weight is 260 g/mol. The van der Waals surface area contributed by atoms with Crippen molar-refractivity contribution >= 4 is 5.69 Å². The van der Waals surface area contributed by atoms with E-state index in [2.05, 4.69) is 30.9 Å². The number of benzene rings is 1. The van der Waals surface area contributed by atoms with Gasteiger partial charge in [-0.15, -0.1) is 0 Å². The van der Waals surface area contributed by atoms with E-state index in [0.29, 0.717) is 5.41 Å². The van der Waals surface area contributed by atoms with Crippen molar-refractivity contribution in [3.8, 4) is 0 Å². The molecule has 0 unspecified atom stereocenters. The number of aryl methyl sites for hydroxylation is 1. The molecule has 0 bridgehead atoms. The van der Waals surface area contributed by atoms with Crippen LogP contribution in [-0.2, 0) is 6.42 Å². The number of anilines is 1. The Hall–Kier alpha value is -1.02. The lowest BCUT2D eigenvalue weighted by Crippen LogP contribution is -2.26. The van der Waals surface area contributed by atoms with Crippen molar-refractivity contribution in [3.05, 3.63) is 29.8 Å². The Morgan fingerprint density at radius 3 is 2.58 bits per heavy atom. The lowest BCUT2D eigenvalue weighted by Gasteiger charge is -2.23. The van der Waals surface area contributed by atoms with E-state index in [-0.39, 0.29) is 0 Å². The molecule has 2 nitrogen and oxygen atoms in total. The van der Waals surface area contributed by atoms with Crippen molar-refractivity contribution in [1.82, 2.24) is 4.90 Å². The fourth-order valence-corrected chi connectivity index (χ4v) is 2.89. The molecule has 0 aliphatic carbocycles. The van der Waals surface area contributed by atoms with Gasteiger partial charge >= 0.3 is 0 Å². The highest BCUT2D eigenvalue weighted by molar-refractivity contribution is 5.39. The second kappa shape index (κ2) is 6.42. The molecule has 19 heavy (non-hydrogen) atoms. The van der Waals surface area contributed by atoms with E-state index in [4.69, 9.17) is 5.73 Å². The van der Waals surface area contributed by atoms with Gasteiger partial charge in [0.2, 0.25) is 0 Å². The van der Waals surface area contributed by atoms with Crippen molar-refractivity contribution in [2.24, 2.45) is 5.41 Å². The summed E-state index contributed by atoms with van der Waals surface area (Å²) in [5.41, 5.74) is 8.52. The van der Waals surface area contributed by atoms with Gasteiger partial charge in [0.1, 0.15) is 0 Å². The van der Waals surface area contributed by atoms with Gasteiger partial charge in [-0.05, 0) is 74.8 Å². The van der Waals surface area contributed by atoms with Gasteiger partial charge in [-0.2, -0.15) is 0 Å². The van der Waals surface area contributed by atoms with Crippen molar-refractivity contribution < 1.29 is 0 Å². The Morgan fingerprint density at radius 2 is 1.84 bits per heavy atom. The first-order chi connectivity index (χ1) is 9.05. The summed E-state index contributed by atoms with van der Waals surface area (Å²) in [5, 5.41) is 0. The number of nitrogens with two attached hydrogens (primary N) is 1. The zero-order chi connectivity index (χ0) is 13.7. The number of nitrogens with zero attached hydrogens (tertiary/aromatic N) is 1. The van der Waals surface area contributed by atoms with E-state index >= 15 is 0 Å². The summed E-state index contributed by atoms with van der Waals surface area (Å²) < 4.78 is 0. The van der Waals surface area contributed by atoms with Gasteiger partial charge in [-0.1, -0.05) is 26.0 Å². The van der Waals surface area contributed by atoms with Crippen LogP contribution in [-0.4, -0.2) is 24.5 Å². The summed E-state index contributed by atoms with van der Waals surface area (Å²) in [6, 6.07) is 8.31. The average Bonchev–Trinajstić information content (AvgIpc) is 2.53. The predicted molar refractivity (Wildman–Crippen MR) is 83.2 cm³/mol. The van der Waals surface area contributed by atoms with E-state index < -0.39 is 0 Å². The van der Waals surface area contributed by atoms with Gasteiger partial charge in [0, 0.05) is 5.69 Å².